The average molecular weight is 399 g/mol. The number of fused-ring (bicyclic) bond motifs is 1. The number of para-hydroxylation sites is 1. The van der Waals surface area contributed by atoms with Crippen LogP contribution in [0.3, 0.4) is 0 Å². The molecule has 0 fully saturated rings. The SMILES string of the molecule is CCOC(=O)c1ccccc1OC(=O)c1ccc2c(c1)C(C)(C)CC(C)(C)S2. The van der Waals surface area contributed by atoms with E-state index in [0.717, 1.165) is 12.0 Å². The van der Waals surface area contributed by atoms with Crippen LogP contribution in [0, 0.1) is 0 Å². The Balaban J connectivity index is 1.89. The highest BCUT2D eigenvalue weighted by Crippen LogP contribution is 2.51. The summed E-state index contributed by atoms with van der Waals surface area (Å²) in [7, 11) is 0. The van der Waals surface area contributed by atoms with Crippen LogP contribution >= 0.6 is 11.8 Å². The standard InChI is InChI=1S/C23H26O4S/c1-6-26-21(25)16-9-7-8-10-18(16)27-20(24)15-11-12-19-17(13-15)22(2,3)14-23(4,5)28-19/h7-13H,6,14H2,1-5H3. The first-order valence-electron chi connectivity index (χ1n) is 9.45. The van der Waals surface area contributed by atoms with E-state index in [4.69, 9.17) is 9.47 Å². The van der Waals surface area contributed by atoms with E-state index in [1.165, 1.54) is 4.90 Å². The third kappa shape index (κ3) is 4.25. The van der Waals surface area contributed by atoms with E-state index in [2.05, 4.69) is 27.7 Å². The lowest BCUT2D eigenvalue weighted by atomic mass is 9.76. The molecule has 0 bridgehead atoms. The Hall–Kier alpha value is -2.27. The second-order valence-corrected chi connectivity index (χ2v) is 9.99. The molecule has 148 valence electrons. The maximum Gasteiger partial charge on any atom is 0.343 e. The summed E-state index contributed by atoms with van der Waals surface area (Å²) in [5, 5.41) is 0. The molecule has 0 spiro atoms. The summed E-state index contributed by atoms with van der Waals surface area (Å²) in [5.74, 6) is -0.778. The summed E-state index contributed by atoms with van der Waals surface area (Å²) < 4.78 is 10.7. The largest absolute Gasteiger partial charge is 0.462 e. The molecule has 5 heteroatoms. The molecule has 2 aromatic rings. The van der Waals surface area contributed by atoms with E-state index in [1.54, 1.807) is 37.3 Å². The number of hydrogen-bond acceptors (Lipinski definition) is 5. The van der Waals surface area contributed by atoms with Crippen LogP contribution in [0.1, 0.15) is 67.3 Å². The quantitative estimate of drug-likeness (QED) is 0.493. The fourth-order valence-electron chi connectivity index (χ4n) is 3.86. The first kappa shape index (κ1) is 20.5. The lowest BCUT2D eigenvalue weighted by Crippen LogP contribution is -2.34. The van der Waals surface area contributed by atoms with E-state index in [-0.39, 0.29) is 28.1 Å². The zero-order valence-corrected chi connectivity index (χ0v) is 17.8. The van der Waals surface area contributed by atoms with Crippen molar-refractivity contribution >= 4 is 23.7 Å². The van der Waals surface area contributed by atoms with Crippen LogP contribution in [-0.2, 0) is 10.2 Å². The number of carbonyl (C=O) groups excluding carboxylic acids is 2. The molecule has 0 aromatic heterocycles. The van der Waals surface area contributed by atoms with Gasteiger partial charge in [-0.25, -0.2) is 9.59 Å². The van der Waals surface area contributed by atoms with Crippen LogP contribution in [0.15, 0.2) is 47.4 Å². The smallest absolute Gasteiger partial charge is 0.343 e. The first-order valence-corrected chi connectivity index (χ1v) is 10.3. The lowest BCUT2D eigenvalue weighted by Gasteiger charge is -2.41. The zero-order chi connectivity index (χ0) is 20.5. The van der Waals surface area contributed by atoms with Crippen molar-refractivity contribution < 1.29 is 19.1 Å². The van der Waals surface area contributed by atoms with Crippen molar-refractivity contribution in [3.05, 3.63) is 59.2 Å². The Morgan fingerprint density at radius 3 is 2.46 bits per heavy atom. The minimum absolute atomic E-state index is 0.0385. The molecule has 0 N–H and O–H groups in total. The molecular formula is C23H26O4S. The van der Waals surface area contributed by atoms with E-state index in [1.807, 2.05) is 23.9 Å². The van der Waals surface area contributed by atoms with Gasteiger partial charge in [0.2, 0.25) is 0 Å². The Morgan fingerprint density at radius 2 is 1.75 bits per heavy atom. The third-order valence-electron chi connectivity index (χ3n) is 4.78. The predicted octanol–water partition coefficient (Wildman–Crippen LogP) is 5.63. The van der Waals surface area contributed by atoms with Crippen LogP contribution in [-0.4, -0.2) is 23.3 Å². The van der Waals surface area contributed by atoms with Crippen LogP contribution in [0.4, 0.5) is 0 Å². The van der Waals surface area contributed by atoms with Gasteiger partial charge in [0.25, 0.3) is 0 Å². The molecule has 0 saturated heterocycles. The van der Waals surface area contributed by atoms with E-state index >= 15 is 0 Å². The molecule has 28 heavy (non-hydrogen) atoms. The Kier molecular flexibility index (Phi) is 5.57. The molecule has 3 rings (SSSR count). The van der Waals surface area contributed by atoms with Crippen molar-refractivity contribution in [1.82, 2.24) is 0 Å². The highest BCUT2D eigenvalue weighted by Gasteiger charge is 2.38. The van der Waals surface area contributed by atoms with Gasteiger partial charge in [-0.15, -0.1) is 11.8 Å². The molecule has 0 radical (unpaired) electrons. The maximum atomic E-state index is 12.8. The molecule has 0 atom stereocenters. The summed E-state index contributed by atoms with van der Waals surface area (Å²) >= 11 is 1.84. The van der Waals surface area contributed by atoms with Crippen molar-refractivity contribution in [2.24, 2.45) is 0 Å². The molecule has 2 aromatic carbocycles. The Bertz CT molecular complexity index is 915. The van der Waals surface area contributed by atoms with Crippen LogP contribution < -0.4 is 4.74 Å². The van der Waals surface area contributed by atoms with Gasteiger partial charge < -0.3 is 9.47 Å². The highest BCUT2D eigenvalue weighted by atomic mass is 32.2. The van der Waals surface area contributed by atoms with Gasteiger partial charge in [0.1, 0.15) is 11.3 Å². The van der Waals surface area contributed by atoms with Crippen LogP contribution in [0.2, 0.25) is 0 Å². The fraction of sp³-hybridized carbons (Fsp3) is 0.391. The Labute approximate surface area is 170 Å². The summed E-state index contributed by atoms with van der Waals surface area (Å²) in [5.41, 5.74) is 1.84. The Morgan fingerprint density at radius 1 is 1.04 bits per heavy atom. The lowest BCUT2D eigenvalue weighted by molar-refractivity contribution is 0.0520. The van der Waals surface area contributed by atoms with E-state index < -0.39 is 11.9 Å². The second kappa shape index (κ2) is 7.63. The van der Waals surface area contributed by atoms with Gasteiger partial charge in [0, 0.05) is 9.64 Å². The molecular weight excluding hydrogens is 372 g/mol. The van der Waals surface area contributed by atoms with Crippen LogP contribution in [0.25, 0.3) is 0 Å². The zero-order valence-electron chi connectivity index (χ0n) is 17.0. The molecule has 4 nitrogen and oxygen atoms in total. The summed E-state index contributed by atoms with van der Waals surface area (Å²) in [6.45, 7) is 10.9. The molecule has 0 aliphatic carbocycles. The van der Waals surface area contributed by atoms with Crippen LogP contribution in [0.5, 0.6) is 5.75 Å². The molecule has 0 amide bonds. The number of esters is 2. The van der Waals surface area contributed by atoms with Gasteiger partial charge in [-0.05, 0) is 54.7 Å². The number of carbonyl (C=O) groups is 2. The molecule has 1 heterocycles. The van der Waals surface area contributed by atoms with Crippen molar-refractivity contribution in [3.63, 3.8) is 0 Å². The van der Waals surface area contributed by atoms with Crippen molar-refractivity contribution in [1.29, 1.82) is 0 Å². The van der Waals surface area contributed by atoms with Crippen molar-refractivity contribution in [2.75, 3.05) is 6.61 Å². The fourth-order valence-corrected chi connectivity index (χ4v) is 5.47. The summed E-state index contributed by atoms with van der Waals surface area (Å²) in [6, 6.07) is 12.3. The molecule has 1 aliphatic rings. The van der Waals surface area contributed by atoms with Crippen molar-refractivity contribution in [3.8, 4) is 5.75 Å². The monoisotopic (exact) mass is 398 g/mol. The summed E-state index contributed by atoms with van der Waals surface area (Å²) in [6.07, 6.45) is 1.02. The first-order chi connectivity index (χ1) is 13.1. The minimum atomic E-state index is -0.504. The van der Waals surface area contributed by atoms with E-state index in [9.17, 15) is 9.59 Å². The van der Waals surface area contributed by atoms with Gasteiger partial charge in [-0.2, -0.15) is 0 Å². The average Bonchev–Trinajstić information content (AvgIpc) is 2.60. The number of ether oxygens (including phenoxy) is 2. The molecule has 1 aliphatic heterocycles. The third-order valence-corrected chi connectivity index (χ3v) is 6.06. The van der Waals surface area contributed by atoms with Gasteiger partial charge in [0.15, 0.2) is 0 Å². The van der Waals surface area contributed by atoms with Gasteiger partial charge >= 0.3 is 11.9 Å². The van der Waals surface area contributed by atoms with Gasteiger partial charge in [0.05, 0.1) is 12.2 Å². The molecule has 0 saturated carbocycles. The number of thioether (sulfide) groups is 1. The minimum Gasteiger partial charge on any atom is -0.462 e. The second-order valence-electron chi connectivity index (χ2n) is 8.24. The molecule has 0 unspecified atom stereocenters. The number of hydrogen-bond donors (Lipinski definition) is 0. The normalized spacial score (nSPS) is 16.8. The topological polar surface area (TPSA) is 52.6 Å². The number of benzene rings is 2. The van der Waals surface area contributed by atoms with E-state index in [0.29, 0.717) is 5.56 Å². The predicted molar refractivity (Wildman–Crippen MR) is 111 cm³/mol. The summed E-state index contributed by atoms with van der Waals surface area (Å²) in [4.78, 5) is 26.1. The number of rotatable bonds is 4. The van der Waals surface area contributed by atoms with Gasteiger partial charge in [-0.3, -0.25) is 0 Å². The van der Waals surface area contributed by atoms with Crippen molar-refractivity contribution in [2.45, 2.75) is 56.1 Å². The maximum absolute atomic E-state index is 12.8. The van der Waals surface area contributed by atoms with Gasteiger partial charge in [-0.1, -0.05) is 39.8 Å². The highest BCUT2D eigenvalue weighted by molar-refractivity contribution is 8.00.